The molecule has 1 aliphatic heterocycles. The molecule has 1 fully saturated rings. The molecule has 1 aliphatic rings. The topological polar surface area (TPSA) is 81.6 Å². The fourth-order valence-corrected chi connectivity index (χ4v) is 3.40. The Bertz CT molecular complexity index is 685. The summed E-state index contributed by atoms with van der Waals surface area (Å²) in [4.78, 5) is 18.5. The maximum atomic E-state index is 11.9. The normalized spacial score (nSPS) is 15.2. The summed E-state index contributed by atoms with van der Waals surface area (Å²) in [5.41, 5.74) is 0.933. The van der Waals surface area contributed by atoms with E-state index in [1.807, 2.05) is 19.1 Å². The van der Waals surface area contributed by atoms with Crippen LogP contribution in [0.3, 0.4) is 0 Å². The van der Waals surface area contributed by atoms with Crippen molar-refractivity contribution < 1.29 is 23.7 Å². The number of esters is 1. The molecule has 28 heavy (non-hydrogen) atoms. The van der Waals surface area contributed by atoms with Gasteiger partial charge in [0, 0.05) is 32.2 Å². The van der Waals surface area contributed by atoms with Crippen LogP contribution in [0.1, 0.15) is 25.3 Å². The number of rotatable bonds is 7. The zero-order valence-electron chi connectivity index (χ0n) is 17.4. The number of carbonyl (C=O) groups excluding carboxylic acids is 1. The van der Waals surface area contributed by atoms with Crippen LogP contribution in [0.4, 0.5) is 0 Å². The number of hydrogen-bond acceptors (Lipinski definition) is 6. The van der Waals surface area contributed by atoms with Gasteiger partial charge < -0.3 is 29.2 Å². The third-order valence-corrected chi connectivity index (χ3v) is 4.85. The molecule has 0 unspecified atom stereocenters. The summed E-state index contributed by atoms with van der Waals surface area (Å²) < 4.78 is 21.4. The molecule has 0 saturated carbocycles. The molecule has 1 aromatic carbocycles. The van der Waals surface area contributed by atoms with Crippen LogP contribution >= 0.6 is 0 Å². The lowest BCUT2D eigenvalue weighted by atomic mass is 9.97. The number of carbonyl (C=O) groups is 1. The molecule has 1 aromatic rings. The fraction of sp³-hybridized carbons (Fsp3) is 0.600. The Morgan fingerprint density at radius 3 is 2.36 bits per heavy atom. The van der Waals surface area contributed by atoms with E-state index in [-0.39, 0.29) is 11.9 Å². The fourth-order valence-electron chi connectivity index (χ4n) is 3.40. The molecule has 0 aliphatic carbocycles. The number of ether oxygens (including phenoxy) is 4. The van der Waals surface area contributed by atoms with Crippen molar-refractivity contribution in [3.63, 3.8) is 0 Å². The summed E-state index contributed by atoms with van der Waals surface area (Å²) in [5.74, 6) is 2.48. The number of likely N-dealkylation sites (tertiary alicyclic amines) is 1. The van der Waals surface area contributed by atoms with Crippen molar-refractivity contribution in [2.45, 2.75) is 26.3 Å². The quantitative estimate of drug-likeness (QED) is 0.431. The summed E-state index contributed by atoms with van der Waals surface area (Å²) >= 11 is 0. The number of benzene rings is 1. The van der Waals surface area contributed by atoms with Crippen molar-refractivity contribution in [2.75, 3.05) is 48.1 Å². The summed E-state index contributed by atoms with van der Waals surface area (Å²) in [6, 6.07) is 3.79. The van der Waals surface area contributed by atoms with E-state index in [0.717, 1.165) is 37.5 Å². The third kappa shape index (κ3) is 4.99. The molecule has 2 rings (SSSR count). The SMILES string of the molecule is CCOC(=O)C1CCN(C(=NC)NCc2ccc(OC)c(OC)c2OC)CC1. The van der Waals surface area contributed by atoms with E-state index in [9.17, 15) is 4.79 Å². The first kappa shape index (κ1) is 21.7. The molecule has 1 saturated heterocycles. The molecule has 0 spiro atoms. The van der Waals surface area contributed by atoms with Gasteiger partial charge in [-0.2, -0.15) is 0 Å². The number of aliphatic imine (C=N–C) groups is 1. The minimum absolute atomic E-state index is 0.0275. The molecule has 0 radical (unpaired) electrons. The van der Waals surface area contributed by atoms with E-state index in [1.165, 1.54) is 0 Å². The summed E-state index contributed by atoms with van der Waals surface area (Å²) in [7, 11) is 6.54. The highest BCUT2D eigenvalue weighted by Crippen LogP contribution is 2.39. The predicted octanol–water partition coefficient (Wildman–Crippen LogP) is 2.06. The highest BCUT2D eigenvalue weighted by Gasteiger charge is 2.27. The van der Waals surface area contributed by atoms with Gasteiger partial charge in [-0.25, -0.2) is 0 Å². The second-order valence-corrected chi connectivity index (χ2v) is 6.41. The first-order chi connectivity index (χ1) is 13.6. The Morgan fingerprint density at radius 2 is 1.82 bits per heavy atom. The molecule has 0 amide bonds. The smallest absolute Gasteiger partial charge is 0.309 e. The monoisotopic (exact) mass is 393 g/mol. The zero-order valence-corrected chi connectivity index (χ0v) is 17.4. The summed E-state index contributed by atoms with van der Waals surface area (Å²) in [6.07, 6.45) is 1.53. The molecule has 8 nitrogen and oxygen atoms in total. The molecule has 0 aromatic heterocycles. The van der Waals surface area contributed by atoms with Crippen LogP contribution in [-0.4, -0.2) is 64.9 Å². The number of piperidine rings is 1. The number of hydrogen-bond donors (Lipinski definition) is 1. The third-order valence-electron chi connectivity index (χ3n) is 4.85. The number of nitrogens with one attached hydrogen (secondary N) is 1. The van der Waals surface area contributed by atoms with E-state index in [1.54, 1.807) is 28.4 Å². The summed E-state index contributed by atoms with van der Waals surface area (Å²) in [5, 5.41) is 3.37. The van der Waals surface area contributed by atoms with Crippen molar-refractivity contribution in [1.29, 1.82) is 0 Å². The first-order valence-electron chi connectivity index (χ1n) is 9.49. The highest BCUT2D eigenvalue weighted by molar-refractivity contribution is 5.80. The standard InChI is InChI=1S/C20H31N3O5/c1-6-28-19(24)14-9-11-23(12-10-14)20(21-2)22-13-15-7-8-16(25-3)18(27-5)17(15)26-4/h7-8,14H,6,9-13H2,1-5H3,(H,21,22). The molecule has 0 atom stereocenters. The number of nitrogens with zero attached hydrogens (tertiary/aromatic N) is 2. The van der Waals surface area contributed by atoms with Crippen LogP contribution in [0.5, 0.6) is 17.2 Å². The molecule has 1 N–H and O–H groups in total. The molecular formula is C20H31N3O5. The molecule has 8 heteroatoms. The van der Waals surface area contributed by atoms with Gasteiger partial charge in [-0.1, -0.05) is 0 Å². The molecule has 156 valence electrons. The lowest BCUT2D eigenvalue weighted by Crippen LogP contribution is -2.46. The highest BCUT2D eigenvalue weighted by atomic mass is 16.5. The molecule has 0 bridgehead atoms. The minimum Gasteiger partial charge on any atom is -0.493 e. The predicted molar refractivity (Wildman–Crippen MR) is 107 cm³/mol. The summed E-state index contributed by atoms with van der Waals surface area (Å²) in [6.45, 7) is 4.29. The van der Waals surface area contributed by atoms with E-state index >= 15 is 0 Å². The Kier molecular flexibility index (Phi) is 8.22. The lowest BCUT2D eigenvalue weighted by molar-refractivity contribution is -0.149. The first-order valence-corrected chi connectivity index (χ1v) is 9.49. The average Bonchev–Trinajstić information content (AvgIpc) is 2.73. The minimum atomic E-state index is -0.0971. The molecular weight excluding hydrogens is 362 g/mol. The average molecular weight is 393 g/mol. The maximum absolute atomic E-state index is 11.9. The Morgan fingerprint density at radius 1 is 1.14 bits per heavy atom. The van der Waals surface area contributed by atoms with Crippen molar-refractivity contribution in [3.8, 4) is 17.2 Å². The van der Waals surface area contributed by atoms with Gasteiger partial charge in [-0.15, -0.1) is 0 Å². The van der Waals surface area contributed by atoms with Crippen molar-refractivity contribution in [3.05, 3.63) is 17.7 Å². The van der Waals surface area contributed by atoms with E-state index in [0.29, 0.717) is 30.4 Å². The van der Waals surface area contributed by atoms with Crippen LogP contribution in [0.15, 0.2) is 17.1 Å². The van der Waals surface area contributed by atoms with Gasteiger partial charge in [0.2, 0.25) is 5.75 Å². The van der Waals surface area contributed by atoms with Gasteiger partial charge >= 0.3 is 5.97 Å². The van der Waals surface area contributed by atoms with Crippen LogP contribution in [0.2, 0.25) is 0 Å². The van der Waals surface area contributed by atoms with Gasteiger partial charge in [0.25, 0.3) is 0 Å². The Hall–Kier alpha value is -2.64. The number of methoxy groups -OCH3 is 3. The van der Waals surface area contributed by atoms with Crippen LogP contribution < -0.4 is 19.5 Å². The van der Waals surface area contributed by atoms with Gasteiger partial charge in [0.15, 0.2) is 17.5 Å². The van der Waals surface area contributed by atoms with E-state index < -0.39 is 0 Å². The van der Waals surface area contributed by atoms with Gasteiger partial charge in [-0.3, -0.25) is 9.79 Å². The van der Waals surface area contributed by atoms with Gasteiger partial charge in [0.1, 0.15) is 0 Å². The lowest BCUT2D eigenvalue weighted by Gasteiger charge is -2.33. The Balaban J connectivity index is 2.01. The van der Waals surface area contributed by atoms with E-state index in [2.05, 4.69) is 15.2 Å². The van der Waals surface area contributed by atoms with Crippen molar-refractivity contribution >= 4 is 11.9 Å². The van der Waals surface area contributed by atoms with Crippen LogP contribution in [0, 0.1) is 5.92 Å². The zero-order chi connectivity index (χ0) is 20.5. The number of guanidine groups is 1. The maximum Gasteiger partial charge on any atom is 0.309 e. The second-order valence-electron chi connectivity index (χ2n) is 6.41. The van der Waals surface area contributed by atoms with Crippen molar-refractivity contribution in [2.24, 2.45) is 10.9 Å². The Labute approximate surface area is 166 Å². The molecule has 1 heterocycles. The van der Waals surface area contributed by atoms with Crippen LogP contribution in [0.25, 0.3) is 0 Å². The van der Waals surface area contributed by atoms with Gasteiger partial charge in [0.05, 0.1) is 33.9 Å². The van der Waals surface area contributed by atoms with Crippen molar-refractivity contribution in [1.82, 2.24) is 10.2 Å². The van der Waals surface area contributed by atoms with Crippen LogP contribution in [-0.2, 0) is 16.1 Å². The van der Waals surface area contributed by atoms with Gasteiger partial charge in [-0.05, 0) is 31.9 Å². The largest absolute Gasteiger partial charge is 0.493 e. The second kappa shape index (κ2) is 10.6. The van der Waals surface area contributed by atoms with E-state index in [4.69, 9.17) is 18.9 Å².